The molecule has 3 aromatic carbocycles. The zero-order valence-electron chi connectivity index (χ0n) is 19.9. The van der Waals surface area contributed by atoms with E-state index < -0.39 is 5.60 Å². The first-order valence-electron chi connectivity index (χ1n) is 11.9. The minimum absolute atomic E-state index is 0.0967. The molecule has 1 heterocycles. The smallest absolute Gasteiger partial charge is 0.255 e. The Morgan fingerprint density at radius 2 is 1.80 bits per heavy atom. The molecule has 0 aromatic heterocycles. The number of aliphatic hydroxyl groups is 1. The lowest BCUT2D eigenvalue weighted by atomic mass is 10.1. The number of nitrogens with one attached hydrogen (secondary N) is 2. The molecule has 1 amide bonds. The summed E-state index contributed by atoms with van der Waals surface area (Å²) in [4.78, 5) is 14.9. The number of rotatable bonds is 10. The molecule has 2 atom stereocenters. The van der Waals surface area contributed by atoms with Crippen molar-refractivity contribution in [2.24, 2.45) is 0 Å². The fourth-order valence-corrected chi connectivity index (χ4v) is 4.25. The first kappa shape index (κ1) is 25.2. The van der Waals surface area contributed by atoms with E-state index in [1.807, 2.05) is 42.5 Å². The van der Waals surface area contributed by atoms with Gasteiger partial charge in [0.15, 0.2) is 0 Å². The minimum Gasteiger partial charge on any atom is -0.488 e. The average molecular weight is 494 g/mol. The summed E-state index contributed by atoms with van der Waals surface area (Å²) >= 11 is 5.98. The number of ether oxygens (including phenoxy) is 1. The number of carbonyl (C=O) groups excluding carboxylic acids is 1. The van der Waals surface area contributed by atoms with Crippen molar-refractivity contribution in [3.05, 3.63) is 95.0 Å². The van der Waals surface area contributed by atoms with Gasteiger partial charge in [-0.2, -0.15) is 0 Å². The molecule has 0 saturated carbocycles. The predicted octanol–water partition coefficient (Wildman–Crippen LogP) is 4.59. The molecule has 3 aromatic rings. The molecular formula is C28H32ClN3O3. The first-order chi connectivity index (χ1) is 16.9. The van der Waals surface area contributed by atoms with Gasteiger partial charge in [0.05, 0.1) is 5.69 Å². The molecule has 1 unspecified atom stereocenters. The zero-order chi connectivity index (χ0) is 24.7. The summed E-state index contributed by atoms with van der Waals surface area (Å²) in [5, 5.41) is 18.0. The largest absolute Gasteiger partial charge is 0.488 e. The van der Waals surface area contributed by atoms with Crippen molar-refractivity contribution in [3.63, 3.8) is 0 Å². The molecule has 184 valence electrons. The van der Waals surface area contributed by atoms with E-state index in [1.54, 1.807) is 31.2 Å². The Morgan fingerprint density at radius 3 is 2.57 bits per heavy atom. The van der Waals surface area contributed by atoms with E-state index in [-0.39, 0.29) is 12.5 Å². The second kappa shape index (κ2) is 11.7. The summed E-state index contributed by atoms with van der Waals surface area (Å²) in [6.45, 7) is 5.08. The van der Waals surface area contributed by atoms with Crippen molar-refractivity contribution in [1.29, 1.82) is 0 Å². The van der Waals surface area contributed by atoms with Crippen LogP contribution >= 0.6 is 11.6 Å². The first-order valence-corrected chi connectivity index (χ1v) is 12.3. The Bertz CT molecular complexity index is 1110. The Morgan fingerprint density at radius 1 is 1.09 bits per heavy atom. The number of nitrogens with zero attached hydrogens (tertiary/aromatic N) is 1. The molecule has 0 bridgehead atoms. The number of hydrogen-bond donors (Lipinski definition) is 3. The third-order valence-electron chi connectivity index (χ3n) is 6.07. The van der Waals surface area contributed by atoms with Crippen LogP contribution in [0.1, 0.15) is 29.3 Å². The second-order valence-electron chi connectivity index (χ2n) is 9.33. The summed E-state index contributed by atoms with van der Waals surface area (Å²) in [7, 11) is 0. The van der Waals surface area contributed by atoms with Gasteiger partial charge in [-0.15, -0.1) is 0 Å². The molecule has 7 heteroatoms. The Hall–Kier alpha value is -2.90. The highest BCUT2D eigenvalue weighted by atomic mass is 35.5. The molecule has 1 fully saturated rings. The number of amides is 1. The lowest BCUT2D eigenvalue weighted by Gasteiger charge is -2.26. The Labute approximate surface area is 211 Å². The van der Waals surface area contributed by atoms with Crippen LogP contribution in [-0.4, -0.2) is 53.8 Å². The van der Waals surface area contributed by atoms with Crippen molar-refractivity contribution in [2.45, 2.75) is 31.5 Å². The number of hydrogen-bond acceptors (Lipinski definition) is 5. The third-order valence-corrected chi connectivity index (χ3v) is 6.33. The number of para-hydroxylation sites is 2. The number of likely N-dealkylation sites (tertiary alicyclic amines) is 1. The molecule has 35 heavy (non-hydrogen) atoms. The normalized spacial score (nSPS) is 17.6. The summed E-state index contributed by atoms with van der Waals surface area (Å²) in [5.41, 5.74) is 1.31. The van der Waals surface area contributed by atoms with E-state index in [4.69, 9.17) is 16.3 Å². The van der Waals surface area contributed by atoms with Gasteiger partial charge in [0.2, 0.25) is 0 Å². The van der Waals surface area contributed by atoms with Gasteiger partial charge in [0, 0.05) is 42.8 Å². The third kappa shape index (κ3) is 7.54. The maximum atomic E-state index is 12.5. The molecule has 4 rings (SSSR count). The molecule has 1 saturated heterocycles. The Kier molecular flexibility index (Phi) is 8.42. The van der Waals surface area contributed by atoms with Crippen LogP contribution < -0.4 is 15.4 Å². The van der Waals surface area contributed by atoms with Crippen molar-refractivity contribution < 1.29 is 14.6 Å². The fourth-order valence-electron chi connectivity index (χ4n) is 4.12. The highest BCUT2D eigenvalue weighted by Gasteiger charge is 2.27. The molecule has 3 N–H and O–H groups in total. The standard InChI is InChI=1S/C28H32ClN3O3/c1-28(34,19-30-24-15-16-32(18-24)17-21-11-13-23(29)14-12-21)20-35-26-10-6-5-9-25(26)31-27(33)22-7-3-2-4-8-22/h2-14,24,30,34H,15-20H2,1H3,(H,31,33)/t24-,28?/m1/s1. The van der Waals surface area contributed by atoms with Crippen LogP contribution in [0.15, 0.2) is 78.9 Å². The van der Waals surface area contributed by atoms with E-state index >= 15 is 0 Å². The molecule has 0 radical (unpaired) electrons. The topological polar surface area (TPSA) is 73.8 Å². The molecule has 6 nitrogen and oxygen atoms in total. The van der Waals surface area contributed by atoms with Gasteiger partial charge >= 0.3 is 0 Å². The maximum Gasteiger partial charge on any atom is 0.255 e. The molecule has 0 aliphatic carbocycles. The molecule has 0 spiro atoms. The Balaban J connectivity index is 1.25. The van der Waals surface area contributed by atoms with Crippen molar-refractivity contribution in [2.75, 3.05) is 31.6 Å². The SMILES string of the molecule is CC(O)(CN[C@@H]1CCN(Cc2ccc(Cl)cc2)C1)COc1ccccc1NC(=O)c1ccccc1. The van der Waals surface area contributed by atoms with Gasteiger partial charge in [-0.05, 0) is 55.3 Å². The van der Waals surface area contributed by atoms with Crippen molar-refractivity contribution >= 4 is 23.2 Å². The van der Waals surface area contributed by atoms with Crippen LogP contribution in [0, 0.1) is 0 Å². The highest BCUT2D eigenvalue weighted by molar-refractivity contribution is 6.30. The van der Waals surface area contributed by atoms with Crippen molar-refractivity contribution in [3.8, 4) is 5.75 Å². The summed E-state index contributed by atoms with van der Waals surface area (Å²) in [6, 6.07) is 24.6. The van der Waals surface area contributed by atoms with Gasteiger partial charge in [-0.1, -0.05) is 54.1 Å². The van der Waals surface area contributed by atoms with Crippen LogP contribution in [0.25, 0.3) is 0 Å². The summed E-state index contributed by atoms with van der Waals surface area (Å²) < 4.78 is 5.94. The van der Waals surface area contributed by atoms with Crippen LogP contribution in [-0.2, 0) is 6.54 Å². The average Bonchev–Trinajstić information content (AvgIpc) is 3.32. The van der Waals surface area contributed by atoms with Crippen molar-refractivity contribution in [1.82, 2.24) is 10.2 Å². The quantitative estimate of drug-likeness (QED) is 0.385. The van der Waals surface area contributed by atoms with E-state index in [0.717, 1.165) is 31.1 Å². The lowest BCUT2D eigenvalue weighted by Crippen LogP contribution is -2.47. The van der Waals surface area contributed by atoms with Crippen LogP contribution in [0.5, 0.6) is 5.75 Å². The number of anilines is 1. The van der Waals surface area contributed by atoms with E-state index in [1.165, 1.54) is 5.56 Å². The monoisotopic (exact) mass is 493 g/mol. The van der Waals surface area contributed by atoms with Gasteiger partial charge in [-0.25, -0.2) is 0 Å². The number of carbonyl (C=O) groups is 1. The zero-order valence-corrected chi connectivity index (χ0v) is 20.7. The van der Waals surface area contributed by atoms with Gasteiger partial charge in [-0.3, -0.25) is 9.69 Å². The van der Waals surface area contributed by atoms with Crippen LogP contribution in [0.4, 0.5) is 5.69 Å². The van der Waals surface area contributed by atoms with E-state index in [9.17, 15) is 9.90 Å². The number of benzene rings is 3. The van der Waals surface area contributed by atoms with E-state index in [0.29, 0.717) is 29.6 Å². The lowest BCUT2D eigenvalue weighted by molar-refractivity contribution is 0.0105. The summed E-state index contributed by atoms with van der Waals surface area (Å²) in [6.07, 6.45) is 1.03. The van der Waals surface area contributed by atoms with Crippen LogP contribution in [0.3, 0.4) is 0 Å². The van der Waals surface area contributed by atoms with Gasteiger partial charge in [0.25, 0.3) is 5.91 Å². The van der Waals surface area contributed by atoms with Gasteiger partial charge in [0.1, 0.15) is 18.0 Å². The highest BCUT2D eigenvalue weighted by Crippen LogP contribution is 2.25. The predicted molar refractivity (Wildman–Crippen MR) is 140 cm³/mol. The second-order valence-corrected chi connectivity index (χ2v) is 9.77. The van der Waals surface area contributed by atoms with Gasteiger partial charge < -0.3 is 20.5 Å². The molecular weight excluding hydrogens is 462 g/mol. The molecule has 1 aliphatic rings. The fraction of sp³-hybridized carbons (Fsp3) is 0.321. The minimum atomic E-state index is -1.07. The molecule has 1 aliphatic heterocycles. The van der Waals surface area contributed by atoms with Crippen LogP contribution in [0.2, 0.25) is 5.02 Å². The van der Waals surface area contributed by atoms with E-state index in [2.05, 4.69) is 27.7 Å². The maximum absolute atomic E-state index is 12.5. The number of halogens is 1. The summed E-state index contributed by atoms with van der Waals surface area (Å²) in [5.74, 6) is 0.312.